The highest BCUT2D eigenvalue weighted by molar-refractivity contribution is 5.96. The first-order valence-electron chi connectivity index (χ1n) is 4.42. The summed E-state index contributed by atoms with van der Waals surface area (Å²) in [5.41, 5.74) is 5.45. The third-order valence-electron chi connectivity index (χ3n) is 1.95. The summed E-state index contributed by atoms with van der Waals surface area (Å²) in [6.07, 6.45) is 0. The minimum Gasteiger partial charge on any atom is -0.419 e. The van der Waals surface area contributed by atoms with Gasteiger partial charge in [-0.3, -0.25) is 4.79 Å². The van der Waals surface area contributed by atoms with Crippen LogP contribution in [0.4, 0.5) is 0 Å². The molecule has 0 saturated carbocycles. The lowest BCUT2D eigenvalue weighted by Gasteiger charge is -2.24. The van der Waals surface area contributed by atoms with Crippen molar-refractivity contribution < 1.29 is 9.21 Å². The second-order valence-corrected chi connectivity index (χ2v) is 4.33. The maximum atomic E-state index is 11.7. The number of aromatic nitrogens is 2. The second-order valence-electron chi connectivity index (χ2n) is 4.33. The molecule has 0 saturated heterocycles. The number of nitrogens with two attached hydrogens (primary N) is 1. The van der Waals surface area contributed by atoms with Gasteiger partial charge in [-0.25, -0.2) is 0 Å². The first-order chi connectivity index (χ1) is 6.32. The van der Waals surface area contributed by atoms with Gasteiger partial charge in [-0.1, -0.05) is 20.8 Å². The van der Waals surface area contributed by atoms with Crippen molar-refractivity contribution in [2.24, 2.45) is 11.1 Å². The van der Waals surface area contributed by atoms with Crippen LogP contribution in [0.1, 0.15) is 37.3 Å². The summed E-state index contributed by atoms with van der Waals surface area (Å²) >= 11 is 0. The monoisotopic (exact) mass is 197 g/mol. The lowest BCUT2D eigenvalue weighted by atomic mass is 9.85. The third-order valence-corrected chi connectivity index (χ3v) is 1.95. The number of carbonyl (C=O) groups excluding carboxylic acids is 1. The molecule has 1 heterocycles. The van der Waals surface area contributed by atoms with E-state index in [0.717, 1.165) is 0 Å². The van der Waals surface area contributed by atoms with Crippen LogP contribution in [-0.4, -0.2) is 22.0 Å². The topological polar surface area (TPSA) is 82.0 Å². The van der Waals surface area contributed by atoms with E-state index in [-0.39, 0.29) is 17.1 Å². The lowest BCUT2D eigenvalue weighted by Crippen LogP contribution is -2.42. The summed E-state index contributed by atoms with van der Waals surface area (Å²) in [5, 5.41) is 7.21. The summed E-state index contributed by atoms with van der Waals surface area (Å²) in [4.78, 5) is 11.7. The summed E-state index contributed by atoms with van der Waals surface area (Å²) in [7, 11) is 0. The Balaban J connectivity index is 2.86. The van der Waals surface area contributed by atoms with E-state index in [1.165, 1.54) is 0 Å². The van der Waals surface area contributed by atoms with Crippen molar-refractivity contribution in [2.45, 2.75) is 33.7 Å². The maximum Gasteiger partial charge on any atom is 0.285 e. The Bertz CT molecular complexity index is 338. The van der Waals surface area contributed by atoms with Crippen LogP contribution in [0.15, 0.2) is 4.42 Å². The molecule has 5 heteroatoms. The number of Topliss-reactive ketones (excluding diaryl/α,β-unsaturated/α-hetero) is 1. The van der Waals surface area contributed by atoms with Gasteiger partial charge < -0.3 is 10.2 Å². The second kappa shape index (κ2) is 3.49. The Labute approximate surface area is 82.7 Å². The molecule has 78 valence electrons. The molecule has 14 heavy (non-hydrogen) atoms. The molecule has 1 rings (SSSR count). The van der Waals surface area contributed by atoms with Gasteiger partial charge in [0.15, 0.2) is 0 Å². The highest BCUT2D eigenvalue weighted by atomic mass is 16.4. The molecule has 5 nitrogen and oxygen atoms in total. The highest BCUT2D eigenvalue weighted by Gasteiger charge is 2.31. The van der Waals surface area contributed by atoms with Crippen molar-refractivity contribution in [3.05, 3.63) is 11.8 Å². The Morgan fingerprint density at radius 1 is 1.43 bits per heavy atom. The fraction of sp³-hybridized carbons (Fsp3) is 0.667. The number of ketones is 1. The number of hydrogen-bond acceptors (Lipinski definition) is 5. The van der Waals surface area contributed by atoms with Gasteiger partial charge in [0.1, 0.15) is 0 Å². The van der Waals surface area contributed by atoms with Crippen molar-refractivity contribution in [3.63, 3.8) is 0 Å². The van der Waals surface area contributed by atoms with Gasteiger partial charge in [0, 0.05) is 6.92 Å². The van der Waals surface area contributed by atoms with E-state index < -0.39 is 6.04 Å². The van der Waals surface area contributed by atoms with Crippen LogP contribution in [0.25, 0.3) is 0 Å². The van der Waals surface area contributed by atoms with Crippen LogP contribution in [-0.2, 0) is 0 Å². The highest BCUT2D eigenvalue weighted by Crippen LogP contribution is 2.20. The zero-order valence-electron chi connectivity index (χ0n) is 8.87. The number of hydrogen-bond donors (Lipinski definition) is 1. The molecule has 1 unspecified atom stereocenters. The smallest absolute Gasteiger partial charge is 0.285 e. The molecular weight excluding hydrogens is 182 g/mol. The fourth-order valence-corrected chi connectivity index (χ4v) is 0.922. The molecule has 1 atom stereocenters. The van der Waals surface area contributed by atoms with Crippen LogP contribution in [0, 0.1) is 12.3 Å². The number of rotatable bonds is 2. The molecule has 2 N–H and O–H groups in total. The van der Waals surface area contributed by atoms with Crippen molar-refractivity contribution in [2.75, 3.05) is 0 Å². The van der Waals surface area contributed by atoms with Crippen LogP contribution < -0.4 is 5.73 Å². The SMILES string of the molecule is Cc1nnc(C(=O)C(N)C(C)(C)C)o1. The summed E-state index contributed by atoms with van der Waals surface area (Å²) in [6.45, 7) is 7.29. The zero-order valence-corrected chi connectivity index (χ0v) is 8.87. The van der Waals surface area contributed by atoms with E-state index >= 15 is 0 Å². The van der Waals surface area contributed by atoms with Gasteiger partial charge in [-0.15, -0.1) is 10.2 Å². The third kappa shape index (κ3) is 2.17. The van der Waals surface area contributed by atoms with Gasteiger partial charge in [0.2, 0.25) is 11.7 Å². The average molecular weight is 197 g/mol. The van der Waals surface area contributed by atoms with E-state index in [2.05, 4.69) is 10.2 Å². The number of carbonyl (C=O) groups is 1. The van der Waals surface area contributed by atoms with Crippen LogP contribution >= 0.6 is 0 Å². The van der Waals surface area contributed by atoms with Crippen molar-refractivity contribution in [1.29, 1.82) is 0 Å². The van der Waals surface area contributed by atoms with Gasteiger partial charge in [-0.2, -0.15) is 0 Å². The Hall–Kier alpha value is -1.23. The van der Waals surface area contributed by atoms with Gasteiger partial charge >= 0.3 is 0 Å². The Morgan fingerprint density at radius 2 is 2.00 bits per heavy atom. The van der Waals surface area contributed by atoms with Gasteiger partial charge in [0.05, 0.1) is 6.04 Å². The lowest BCUT2D eigenvalue weighted by molar-refractivity contribution is 0.0864. The van der Waals surface area contributed by atoms with E-state index in [1.54, 1.807) is 6.92 Å². The normalized spacial score (nSPS) is 14.1. The quantitative estimate of drug-likeness (QED) is 0.713. The Morgan fingerprint density at radius 3 is 2.36 bits per heavy atom. The van der Waals surface area contributed by atoms with Crippen LogP contribution in [0.2, 0.25) is 0 Å². The van der Waals surface area contributed by atoms with Gasteiger partial charge in [-0.05, 0) is 5.41 Å². The van der Waals surface area contributed by atoms with E-state index in [9.17, 15) is 4.79 Å². The molecular formula is C9H15N3O2. The number of nitrogens with zero attached hydrogens (tertiary/aromatic N) is 2. The average Bonchev–Trinajstić information content (AvgIpc) is 2.47. The predicted molar refractivity (Wildman–Crippen MR) is 50.8 cm³/mol. The largest absolute Gasteiger partial charge is 0.419 e. The Kier molecular flexibility index (Phi) is 2.71. The first kappa shape index (κ1) is 10.8. The zero-order chi connectivity index (χ0) is 10.9. The van der Waals surface area contributed by atoms with E-state index in [0.29, 0.717) is 5.89 Å². The standard InChI is InChI=1S/C9H15N3O2/c1-5-11-12-8(14-5)6(13)7(10)9(2,3)4/h7H,10H2,1-4H3. The molecule has 0 amide bonds. The van der Waals surface area contributed by atoms with Crippen molar-refractivity contribution in [3.8, 4) is 0 Å². The molecule has 0 aliphatic heterocycles. The molecule has 0 aliphatic rings. The van der Waals surface area contributed by atoms with Crippen molar-refractivity contribution in [1.82, 2.24) is 10.2 Å². The summed E-state index contributed by atoms with van der Waals surface area (Å²) < 4.78 is 5.01. The molecule has 0 spiro atoms. The van der Waals surface area contributed by atoms with Crippen molar-refractivity contribution >= 4 is 5.78 Å². The summed E-state index contributed by atoms with van der Waals surface area (Å²) in [6, 6.07) is -0.623. The fourth-order valence-electron chi connectivity index (χ4n) is 0.922. The molecule has 0 fully saturated rings. The minimum absolute atomic E-state index is 0.00933. The molecule has 0 radical (unpaired) electrons. The maximum absolute atomic E-state index is 11.7. The van der Waals surface area contributed by atoms with E-state index in [1.807, 2.05) is 20.8 Å². The summed E-state index contributed by atoms with van der Waals surface area (Å²) in [5.74, 6) is 0.0532. The van der Waals surface area contributed by atoms with Gasteiger partial charge in [0.25, 0.3) is 5.89 Å². The first-order valence-corrected chi connectivity index (χ1v) is 4.42. The predicted octanol–water partition coefficient (Wildman–Crippen LogP) is 0.934. The molecule has 0 bridgehead atoms. The van der Waals surface area contributed by atoms with E-state index in [4.69, 9.17) is 10.2 Å². The molecule has 0 aliphatic carbocycles. The van der Waals surface area contributed by atoms with Crippen LogP contribution in [0.3, 0.4) is 0 Å². The molecule has 1 aromatic rings. The molecule has 1 aromatic heterocycles. The van der Waals surface area contributed by atoms with Crippen LogP contribution in [0.5, 0.6) is 0 Å². The minimum atomic E-state index is -0.623. The number of aryl methyl sites for hydroxylation is 1. The molecule has 0 aromatic carbocycles.